The highest BCUT2D eigenvalue weighted by atomic mass is 32.1. The molecule has 0 aliphatic heterocycles. The summed E-state index contributed by atoms with van der Waals surface area (Å²) in [6, 6.07) is 6.53. The van der Waals surface area contributed by atoms with Gasteiger partial charge in [-0.25, -0.2) is 9.37 Å². The Morgan fingerprint density at radius 1 is 1.19 bits per heavy atom. The second-order valence-corrected chi connectivity index (χ2v) is 7.21. The molecule has 0 amide bonds. The fourth-order valence-corrected chi connectivity index (χ4v) is 3.05. The second kappa shape index (κ2) is 8.03. The van der Waals surface area contributed by atoms with Crippen LogP contribution in [0.4, 0.5) is 17.6 Å². The van der Waals surface area contributed by atoms with Gasteiger partial charge in [0.05, 0.1) is 6.54 Å². The number of hydrogen-bond donors (Lipinski definition) is 2. The van der Waals surface area contributed by atoms with Crippen LogP contribution in [0.5, 0.6) is 0 Å². The van der Waals surface area contributed by atoms with Gasteiger partial charge in [-0.1, -0.05) is 32.0 Å². The van der Waals surface area contributed by atoms with Crippen LogP contribution < -0.4 is 10.6 Å². The van der Waals surface area contributed by atoms with Gasteiger partial charge in [0.1, 0.15) is 10.8 Å². The van der Waals surface area contributed by atoms with Crippen LogP contribution >= 0.6 is 11.3 Å². The maximum absolute atomic E-state index is 14.0. The minimum atomic E-state index is -4.45. The lowest BCUT2D eigenvalue weighted by Gasteiger charge is -2.27. The Kier molecular flexibility index (Phi) is 6.22. The third-order valence-corrected chi connectivity index (χ3v) is 4.62. The van der Waals surface area contributed by atoms with Gasteiger partial charge in [-0.15, -0.1) is 11.3 Å². The fraction of sp³-hybridized carbons (Fsp3) is 0.412. The first-order valence-corrected chi connectivity index (χ1v) is 8.72. The van der Waals surface area contributed by atoms with Crippen molar-refractivity contribution in [1.29, 1.82) is 0 Å². The molecule has 1 aromatic heterocycles. The molecule has 0 radical (unpaired) electrons. The molecule has 1 heterocycles. The largest absolute Gasteiger partial charge is 0.434 e. The number of aromatic nitrogens is 1. The lowest BCUT2D eigenvalue weighted by Crippen LogP contribution is -2.43. The fourth-order valence-electron chi connectivity index (χ4n) is 2.31. The van der Waals surface area contributed by atoms with Gasteiger partial charge in [-0.05, 0) is 11.6 Å². The van der Waals surface area contributed by atoms with E-state index in [0.717, 1.165) is 16.7 Å². The number of alkyl halides is 3. The molecule has 0 spiro atoms. The molecule has 26 heavy (non-hydrogen) atoms. The Labute approximate surface area is 153 Å². The first-order chi connectivity index (χ1) is 12.1. The maximum Gasteiger partial charge on any atom is 0.434 e. The van der Waals surface area contributed by atoms with Crippen molar-refractivity contribution in [3.05, 3.63) is 51.7 Å². The van der Waals surface area contributed by atoms with E-state index in [1.54, 1.807) is 25.2 Å². The number of rotatable bonds is 5. The topological polar surface area (TPSA) is 49.3 Å². The van der Waals surface area contributed by atoms with Crippen LogP contribution in [0.1, 0.15) is 30.1 Å². The van der Waals surface area contributed by atoms with Gasteiger partial charge in [0, 0.05) is 24.4 Å². The lowest BCUT2D eigenvalue weighted by molar-refractivity contribution is -0.140. The minimum absolute atomic E-state index is 0.112. The van der Waals surface area contributed by atoms with Gasteiger partial charge >= 0.3 is 6.18 Å². The maximum atomic E-state index is 14.0. The average Bonchev–Trinajstić information content (AvgIpc) is 3.04. The van der Waals surface area contributed by atoms with Crippen molar-refractivity contribution < 1.29 is 17.6 Å². The third kappa shape index (κ3) is 5.17. The summed E-state index contributed by atoms with van der Waals surface area (Å²) in [5.74, 6) is 0.114. The molecule has 0 saturated heterocycles. The summed E-state index contributed by atoms with van der Waals surface area (Å²) >= 11 is 0.925. The Morgan fingerprint density at radius 3 is 2.46 bits per heavy atom. The van der Waals surface area contributed by atoms with Crippen LogP contribution in [-0.4, -0.2) is 24.5 Å². The number of benzene rings is 1. The van der Waals surface area contributed by atoms with Crippen LogP contribution in [0.3, 0.4) is 0 Å². The van der Waals surface area contributed by atoms with E-state index in [9.17, 15) is 17.6 Å². The van der Waals surface area contributed by atoms with E-state index in [1.165, 1.54) is 6.07 Å². The molecule has 0 bridgehead atoms. The van der Waals surface area contributed by atoms with E-state index in [4.69, 9.17) is 0 Å². The number of nitrogens with one attached hydrogen (secondary N) is 2. The quantitative estimate of drug-likeness (QED) is 0.463. The number of thiazole rings is 1. The van der Waals surface area contributed by atoms with E-state index in [1.807, 2.05) is 13.8 Å². The van der Waals surface area contributed by atoms with E-state index in [0.29, 0.717) is 23.1 Å². The summed E-state index contributed by atoms with van der Waals surface area (Å²) in [7, 11) is 1.55. The van der Waals surface area contributed by atoms with Crippen LogP contribution in [0.2, 0.25) is 0 Å². The summed E-state index contributed by atoms with van der Waals surface area (Å²) in [4.78, 5) is 7.59. The van der Waals surface area contributed by atoms with E-state index in [-0.39, 0.29) is 12.4 Å². The molecule has 0 fully saturated rings. The lowest BCUT2D eigenvalue weighted by atomic mass is 9.84. The Balaban J connectivity index is 1.94. The molecule has 142 valence electrons. The smallest absolute Gasteiger partial charge is 0.356 e. The highest BCUT2D eigenvalue weighted by molar-refractivity contribution is 7.09. The molecule has 2 aromatic rings. The molecular formula is C17H20F4N4S. The standard InChI is InChI=1S/C17H20F4N4S/c1-16(2,11-6-4-5-7-12(11)18)10-24-15(22-3)23-8-14-25-13(9-26-14)17(19,20)21/h4-7,9H,8,10H2,1-3H3,(H2,22,23,24). The Hall–Kier alpha value is -2.16. The molecule has 0 saturated carbocycles. The van der Waals surface area contributed by atoms with Crippen molar-refractivity contribution in [2.45, 2.75) is 32.0 Å². The van der Waals surface area contributed by atoms with E-state index in [2.05, 4.69) is 20.6 Å². The zero-order valence-electron chi connectivity index (χ0n) is 14.6. The van der Waals surface area contributed by atoms with Crippen molar-refractivity contribution in [2.75, 3.05) is 13.6 Å². The zero-order valence-corrected chi connectivity index (χ0v) is 15.4. The first kappa shape index (κ1) is 20.2. The molecular weight excluding hydrogens is 368 g/mol. The number of halogens is 4. The zero-order chi connectivity index (χ0) is 19.4. The minimum Gasteiger partial charge on any atom is -0.356 e. The van der Waals surface area contributed by atoms with Crippen molar-refractivity contribution in [1.82, 2.24) is 15.6 Å². The SMILES string of the molecule is CN=C(NCc1nc(C(F)(F)F)cs1)NCC(C)(C)c1ccccc1F. The second-order valence-electron chi connectivity index (χ2n) is 6.27. The van der Waals surface area contributed by atoms with E-state index < -0.39 is 17.3 Å². The predicted molar refractivity (Wildman–Crippen MR) is 94.7 cm³/mol. The van der Waals surface area contributed by atoms with Gasteiger partial charge in [-0.3, -0.25) is 4.99 Å². The van der Waals surface area contributed by atoms with Crippen LogP contribution in [0.25, 0.3) is 0 Å². The normalized spacial score (nSPS) is 13.0. The molecule has 0 unspecified atom stereocenters. The highest BCUT2D eigenvalue weighted by Crippen LogP contribution is 2.30. The summed E-state index contributed by atoms with van der Waals surface area (Å²) in [5, 5.41) is 7.26. The third-order valence-electron chi connectivity index (χ3n) is 3.77. The van der Waals surface area contributed by atoms with Crippen LogP contribution in [-0.2, 0) is 18.1 Å². The van der Waals surface area contributed by atoms with Crippen LogP contribution in [0, 0.1) is 5.82 Å². The average molecular weight is 388 g/mol. The molecule has 9 heteroatoms. The highest BCUT2D eigenvalue weighted by Gasteiger charge is 2.33. The summed E-state index contributed by atoms with van der Waals surface area (Å²) in [6.07, 6.45) is -4.45. The summed E-state index contributed by atoms with van der Waals surface area (Å²) in [5.41, 5.74) is -0.839. The van der Waals surface area contributed by atoms with Gasteiger partial charge in [0.2, 0.25) is 0 Å². The van der Waals surface area contributed by atoms with Crippen molar-refractivity contribution in [2.24, 2.45) is 4.99 Å². The summed E-state index contributed by atoms with van der Waals surface area (Å²) in [6.45, 7) is 4.28. The predicted octanol–water partition coefficient (Wildman–Crippen LogP) is 3.94. The van der Waals surface area contributed by atoms with Gasteiger partial charge in [0.25, 0.3) is 0 Å². The molecule has 4 nitrogen and oxygen atoms in total. The number of nitrogens with zero attached hydrogens (tertiary/aromatic N) is 2. The monoisotopic (exact) mass is 388 g/mol. The molecule has 1 aromatic carbocycles. The first-order valence-electron chi connectivity index (χ1n) is 7.84. The van der Waals surface area contributed by atoms with Crippen molar-refractivity contribution in [3.8, 4) is 0 Å². The number of hydrogen-bond acceptors (Lipinski definition) is 3. The molecule has 0 aliphatic carbocycles. The number of guanidine groups is 1. The van der Waals surface area contributed by atoms with Gasteiger partial charge < -0.3 is 10.6 Å². The molecule has 0 atom stereocenters. The Morgan fingerprint density at radius 2 is 1.88 bits per heavy atom. The van der Waals surface area contributed by atoms with Gasteiger partial charge in [-0.2, -0.15) is 13.2 Å². The van der Waals surface area contributed by atoms with Gasteiger partial charge in [0.15, 0.2) is 11.7 Å². The molecule has 2 N–H and O–H groups in total. The van der Waals surface area contributed by atoms with E-state index >= 15 is 0 Å². The Bertz CT molecular complexity index is 768. The van der Waals surface area contributed by atoms with Crippen LogP contribution in [0.15, 0.2) is 34.6 Å². The molecule has 0 aliphatic rings. The van der Waals surface area contributed by atoms with Crippen molar-refractivity contribution >= 4 is 17.3 Å². The molecule has 2 rings (SSSR count). The number of aliphatic imine (C=N–C) groups is 1. The summed E-state index contributed by atoms with van der Waals surface area (Å²) < 4.78 is 51.7. The van der Waals surface area contributed by atoms with Crippen molar-refractivity contribution in [3.63, 3.8) is 0 Å².